The van der Waals surface area contributed by atoms with E-state index in [0.717, 1.165) is 0 Å². The molecule has 0 spiro atoms. The van der Waals surface area contributed by atoms with Crippen LogP contribution in [0.5, 0.6) is 0 Å². The number of carboxylic acid groups (broad SMARTS) is 1. The highest BCUT2D eigenvalue weighted by molar-refractivity contribution is 5.80. The van der Waals surface area contributed by atoms with Crippen molar-refractivity contribution in [2.45, 2.75) is 56.5 Å². The normalized spacial score (nSPS) is 28.5. The minimum absolute atomic E-state index is 0.00943. The van der Waals surface area contributed by atoms with Crippen LogP contribution in [-0.2, 0) is 14.3 Å². The van der Waals surface area contributed by atoms with E-state index in [2.05, 4.69) is 5.32 Å². The van der Waals surface area contributed by atoms with Crippen molar-refractivity contribution in [3.8, 4) is 0 Å². The highest BCUT2D eigenvalue weighted by Gasteiger charge is 2.47. The number of carboxylic acids is 1. The Labute approximate surface area is 150 Å². The van der Waals surface area contributed by atoms with Gasteiger partial charge in [-0.3, -0.25) is 9.59 Å². The van der Waals surface area contributed by atoms with E-state index in [1.807, 2.05) is 0 Å². The number of aliphatic hydroxyl groups excluding tert-OH is 1. The fraction of sp³-hybridized carbons (Fsp3) is 0.556. The highest BCUT2D eigenvalue weighted by atomic mass is 19.1. The second-order valence-electron chi connectivity index (χ2n) is 6.55. The molecule has 0 unspecified atom stereocenters. The molecule has 1 heterocycles. The fourth-order valence-electron chi connectivity index (χ4n) is 3.05. The maximum atomic E-state index is 13.1. The molecule has 0 bridgehead atoms. The molecule has 1 amide bonds. The molecule has 0 radical (unpaired) electrons. The fourth-order valence-corrected chi connectivity index (χ4v) is 3.05. The number of hydrogen-bond acceptors (Lipinski definition) is 5. The Morgan fingerprint density at radius 1 is 1.31 bits per heavy atom. The smallest absolute Gasteiger partial charge is 0.303 e. The molecule has 1 aliphatic rings. The Bertz CT molecular complexity index is 637. The first kappa shape index (κ1) is 20.3. The van der Waals surface area contributed by atoms with Gasteiger partial charge in [-0.2, -0.15) is 0 Å². The number of carbonyl (C=O) groups is 2. The first-order valence-electron chi connectivity index (χ1n) is 8.55. The summed E-state index contributed by atoms with van der Waals surface area (Å²) < 4.78 is 19.0. The Hall–Kier alpha value is -2.03. The first-order chi connectivity index (χ1) is 12.2. The Kier molecular flexibility index (Phi) is 6.69. The van der Waals surface area contributed by atoms with Crippen LogP contribution in [0.25, 0.3) is 0 Å². The van der Waals surface area contributed by atoms with E-state index >= 15 is 0 Å². The lowest BCUT2D eigenvalue weighted by Crippen LogP contribution is -2.60. The van der Waals surface area contributed by atoms with Gasteiger partial charge in [0.05, 0.1) is 18.6 Å². The van der Waals surface area contributed by atoms with Crippen LogP contribution in [0.4, 0.5) is 4.39 Å². The number of amides is 1. The van der Waals surface area contributed by atoms with Crippen LogP contribution in [0.3, 0.4) is 0 Å². The standard InChI is InChI=1S/C18H24FNO6/c1-2-13-17(24)18(25,10-20-15(21)7-8-16(22)23)9-14(26-13)11-3-5-12(19)6-4-11/h3-6,13-14,17,24-25H,2,7-10H2,1H3,(H,20,21)(H,22,23)/t13-,14-,17-,18-/m1/s1. The molecule has 1 aromatic carbocycles. The largest absolute Gasteiger partial charge is 0.481 e. The van der Waals surface area contributed by atoms with E-state index in [1.165, 1.54) is 12.1 Å². The zero-order valence-corrected chi connectivity index (χ0v) is 14.5. The van der Waals surface area contributed by atoms with E-state index < -0.39 is 41.6 Å². The van der Waals surface area contributed by atoms with E-state index in [4.69, 9.17) is 9.84 Å². The van der Waals surface area contributed by atoms with Crippen molar-refractivity contribution in [1.29, 1.82) is 0 Å². The van der Waals surface area contributed by atoms with Gasteiger partial charge in [0.2, 0.25) is 5.91 Å². The Morgan fingerprint density at radius 3 is 2.54 bits per heavy atom. The number of halogens is 1. The van der Waals surface area contributed by atoms with Crippen molar-refractivity contribution in [2.24, 2.45) is 0 Å². The van der Waals surface area contributed by atoms with Gasteiger partial charge in [-0.25, -0.2) is 4.39 Å². The predicted octanol–water partition coefficient (Wildman–Crippen LogP) is 1.14. The third-order valence-electron chi connectivity index (χ3n) is 4.58. The average Bonchev–Trinajstić information content (AvgIpc) is 2.61. The number of benzene rings is 1. The Balaban J connectivity index is 2.09. The van der Waals surface area contributed by atoms with E-state index in [9.17, 15) is 24.2 Å². The monoisotopic (exact) mass is 369 g/mol. The number of nitrogens with one attached hydrogen (secondary N) is 1. The van der Waals surface area contributed by atoms with Crippen LogP contribution in [-0.4, -0.2) is 51.5 Å². The molecule has 7 nitrogen and oxygen atoms in total. The zero-order valence-electron chi connectivity index (χ0n) is 14.5. The summed E-state index contributed by atoms with van der Waals surface area (Å²) in [6.07, 6.45) is -2.51. The summed E-state index contributed by atoms with van der Waals surface area (Å²) in [5, 5.41) is 32.4. The molecular formula is C18H24FNO6. The average molecular weight is 369 g/mol. The van der Waals surface area contributed by atoms with Gasteiger partial charge >= 0.3 is 5.97 Å². The third kappa shape index (κ3) is 5.00. The lowest BCUT2D eigenvalue weighted by molar-refractivity contribution is -0.216. The summed E-state index contributed by atoms with van der Waals surface area (Å²) in [7, 11) is 0. The molecule has 4 N–H and O–H groups in total. The topological polar surface area (TPSA) is 116 Å². The summed E-state index contributed by atoms with van der Waals surface area (Å²) >= 11 is 0. The molecule has 1 fully saturated rings. The van der Waals surface area contributed by atoms with Crippen LogP contribution in [0.15, 0.2) is 24.3 Å². The molecule has 8 heteroatoms. The lowest BCUT2D eigenvalue weighted by Gasteiger charge is -2.45. The van der Waals surface area contributed by atoms with Gasteiger partial charge in [0.25, 0.3) is 0 Å². The zero-order chi connectivity index (χ0) is 19.3. The van der Waals surface area contributed by atoms with Crippen LogP contribution in [0, 0.1) is 5.82 Å². The van der Waals surface area contributed by atoms with Gasteiger partial charge in [-0.15, -0.1) is 0 Å². The van der Waals surface area contributed by atoms with Crippen molar-refractivity contribution in [2.75, 3.05) is 6.54 Å². The summed E-state index contributed by atoms with van der Waals surface area (Å²) in [5.41, 5.74) is -0.982. The molecule has 144 valence electrons. The van der Waals surface area contributed by atoms with E-state index in [1.54, 1.807) is 19.1 Å². The number of carbonyl (C=O) groups excluding carboxylic acids is 1. The van der Waals surface area contributed by atoms with Crippen LogP contribution < -0.4 is 5.32 Å². The number of rotatable bonds is 7. The second-order valence-corrected chi connectivity index (χ2v) is 6.55. The number of aliphatic hydroxyl groups is 2. The molecule has 0 saturated carbocycles. The van der Waals surface area contributed by atoms with Crippen molar-refractivity contribution >= 4 is 11.9 Å². The number of ether oxygens (including phenoxy) is 1. The summed E-state index contributed by atoms with van der Waals surface area (Å²) in [6, 6.07) is 5.68. The van der Waals surface area contributed by atoms with Gasteiger partial charge in [-0.05, 0) is 24.1 Å². The van der Waals surface area contributed by atoms with Crippen LogP contribution >= 0.6 is 0 Å². The first-order valence-corrected chi connectivity index (χ1v) is 8.55. The summed E-state index contributed by atoms with van der Waals surface area (Å²) in [6.45, 7) is 1.57. The summed E-state index contributed by atoms with van der Waals surface area (Å²) in [4.78, 5) is 22.3. The third-order valence-corrected chi connectivity index (χ3v) is 4.58. The van der Waals surface area contributed by atoms with Crippen molar-refractivity contribution in [1.82, 2.24) is 5.32 Å². The molecule has 0 aliphatic carbocycles. The number of hydrogen-bond donors (Lipinski definition) is 4. The molecule has 4 atom stereocenters. The van der Waals surface area contributed by atoms with E-state index in [-0.39, 0.29) is 25.8 Å². The van der Waals surface area contributed by atoms with Crippen molar-refractivity contribution in [3.05, 3.63) is 35.6 Å². The minimum Gasteiger partial charge on any atom is -0.481 e. The molecule has 0 aromatic heterocycles. The van der Waals surface area contributed by atoms with Crippen LogP contribution in [0.2, 0.25) is 0 Å². The minimum atomic E-state index is -1.64. The second kappa shape index (κ2) is 8.57. The van der Waals surface area contributed by atoms with Gasteiger partial charge in [0.15, 0.2) is 0 Å². The highest BCUT2D eigenvalue weighted by Crippen LogP contribution is 2.38. The summed E-state index contributed by atoms with van der Waals surface area (Å²) in [5.74, 6) is -2.00. The Morgan fingerprint density at radius 2 is 1.96 bits per heavy atom. The maximum Gasteiger partial charge on any atom is 0.303 e. The van der Waals surface area contributed by atoms with Gasteiger partial charge in [0.1, 0.15) is 17.5 Å². The molecule has 26 heavy (non-hydrogen) atoms. The molecule has 2 rings (SSSR count). The lowest BCUT2D eigenvalue weighted by atomic mass is 9.81. The maximum absolute atomic E-state index is 13.1. The predicted molar refractivity (Wildman–Crippen MR) is 89.8 cm³/mol. The molecule has 1 aliphatic heterocycles. The van der Waals surface area contributed by atoms with Crippen LogP contribution in [0.1, 0.15) is 44.3 Å². The molecule has 1 saturated heterocycles. The molecule has 1 aromatic rings. The van der Waals surface area contributed by atoms with E-state index in [0.29, 0.717) is 12.0 Å². The number of aliphatic carboxylic acids is 1. The van der Waals surface area contributed by atoms with Gasteiger partial charge in [-0.1, -0.05) is 19.1 Å². The molecular weight excluding hydrogens is 345 g/mol. The quantitative estimate of drug-likeness (QED) is 0.573. The van der Waals surface area contributed by atoms with Crippen molar-refractivity contribution in [3.63, 3.8) is 0 Å². The van der Waals surface area contributed by atoms with Gasteiger partial charge < -0.3 is 25.4 Å². The van der Waals surface area contributed by atoms with Gasteiger partial charge in [0, 0.05) is 19.4 Å². The SMILES string of the molecule is CC[C@H]1O[C@@H](c2ccc(F)cc2)C[C@@](O)(CNC(=O)CCC(=O)O)[C@@H]1O. The van der Waals surface area contributed by atoms with Crippen molar-refractivity contribution < 1.29 is 34.0 Å².